The molecule has 1 aliphatic carbocycles. The van der Waals surface area contributed by atoms with Gasteiger partial charge in [0, 0.05) is 17.7 Å². The number of H-pyrrole nitrogens is 1. The van der Waals surface area contributed by atoms with E-state index < -0.39 is 20.6 Å². The average Bonchev–Trinajstić information content (AvgIpc) is 3.42. The first-order valence-corrected chi connectivity index (χ1v) is 14.3. The minimum atomic E-state index is -3.60. The van der Waals surface area contributed by atoms with E-state index in [1.807, 2.05) is 30.7 Å². The number of nitrogens with one attached hydrogen (secondary N) is 1. The number of carbonyl (C=O) groups excluding carboxylic acids is 1. The third-order valence-corrected chi connectivity index (χ3v) is 10.0. The number of amides is 1. The lowest BCUT2D eigenvalue weighted by Crippen LogP contribution is -2.55. The molecule has 1 saturated heterocycles. The maximum absolute atomic E-state index is 13.6. The topological polar surface area (TPSA) is 111 Å². The van der Waals surface area contributed by atoms with Crippen molar-refractivity contribution in [1.29, 1.82) is 0 Å². The van der Waals surface area contributed by atoms with Crippen molar-refractivity contribution in [3.05, 3.63) is 34.2 Å². The fourth-order valence-corrected chi connectivity index (χ4v) is 7.50. The largest absolute Gasteiger partial charge is 0.495 e. The summed E-state index contributed by atoms with van der Waals surface area (Å²) >= 11 is 1.50. The van der Waals surface area contributed by atoms with Crippen LogP contribution in [-0.4, -0.2) is 67.1 Å². The summed E-state index contributed by atoms with van der Waals surface area (Å²) in [6, 6.07) is 3.51. The number of aromatic nitrogens is 2. The maximum Gasteiger partial charge on any atom is 0.272 e. The normalized spacial score (nSPS) is 18.8. The Morgan fingerprint density at radius 1 is 1.33 bits per heavy atom. The lowest BCUT2D eigenvalue weighted by Gasteiger charge is -2.42. The number of hydrogen-bond acceptors (Lipinski definition) is 8. The van der Waals surface area contributed by atoms with Crippen LogP contribution in [0.15, 0.2) is 27.8 Å². The number of thiophene rings is 1. The van der Waals surface area contributed by atoms with Crippen LogP contribution in [0.3, 0.4) is 0 Å². The van der Waals surface area contributed by atoms with Crippen molar-refractivity contribution in [2.45, 2.75) is 49.0 Å². The van der Waals surface area contributed by atoms with Gasteiger partial charge in [-0.05, 0) is 55.1 Å². The van der Waals surface area contributed by atoms with Gasteiger partial charge in [-0.25, -0.2) is 8.42 Å². The van der Waals surface area contributed by atoms with Gasteiger partial charge < -0.3 is 19.1 Å². The number of ether oxygens (including phenoxy) is 3. The first kappa shape index (κ1) is 23.5. The maximum atomic E-state index is 13.6. The van der Waals surface area contributed by atoms with Crippen molar-refractivity contribution in [1.82, 2.24) is 15.1 Å². The first-order chi connectivity index (χ1) is 17.2. The smallest absolute Gasteiger partial charge is 0.272 e. The van der Waals surface area contributed by atoms with E-state index in [2.05, 4.69) is 10.2 Å². The van der Waals surface area contributed by atoms with Crippen LogP contribution in [0.5, 0.6) is 11.5 Å². The molecule has 2 aromatic heterocycles. The molecule has 9 nitrogen and oxygen atoms in total. The van der Waals surface area contributed by atoms with Crippen molar-refractivity contribution in [2.75, 3.05) is 26.9 Å². The Balaban J connectivity index is 1.53. The zero-order valence-electron chi connectivity index (χ0n) is 20.3. The Morgan fingerprint density at radius 2 is 2.14 bits per heavy atom. The third-order valence-electron chi connectivity index (χ3n) is 7.07. The molecule has 0 atom stereocenters. The zero-order valence-corrected chi connectivity index (χ0v) is 21.9. The van der Waals surface area contributed by atoms with E-state index in [-0.39, 0.29) is 23.2 Å². The summed E-state index contributed by atoms with van der Waals surface area (Å²) in [6.45, 7) is 5.44. The Bertz CT molecular complexity index is 1460. The van der Waals surface area contributed by atoms with E-state index in [0.29, 0.717) is 66.4 Å². The summed E-state index contributed by atoms with van der Waals surface area (Å²) in [6.07, 6.45) is 1.27. The van der Waals surface area contributed by atoms with E-state index in [0.717, 1.165) is 5.56 Å². The number of fused-ring (bicyclic) bond motifs is 3. The predicted molar refractivity (Wildman–Crippen MR) is 134 cm³/mol. The summed E-state index contributed by atoms with van der Waals surface area (Å²) in [4.78, 5) is 15.5. The Morgan fingerprint density at radius 3 is 2.81 bits per heavy atom. The monoisotopic (exact) mass is 529 g/mol. The van der Waals surface area contributed by atoms with E-state index in [4.69, 9.17) is 14.2 Å². The predicted octanol–water partition coefficient (Wildman–Crippen LogP) is 3.89. The second-order valence-electron chi connectivity index (χ2n) is 9.95. The molecule has 3 aliphatic rings. The highest BCUT2D eigenvalue weighted by atomic mass is 32.2. The number of sulfone groups is 1. The van der Waals surface area contributed by atoms with Crippen molar-refractivity contribution in [3.63, 3.8) is 0 Å². The van der Waals surface area contributed by atoms with E-state index in [1.54, 1.807) is 11.0 Å². The second kappa shape index (κ2) is 8.32. The van der Waals surface area contributed by atoms with Gasteiger partial charge in [0.2, 0.25) is 0 Å². The van der Waals surface area contributed by atoms with Crippen LogP contribution in [0.2, 0.25) is 0 Å². The molecule has 4 heterocycles. The second-order valence-corrected chi connectivity index (χ2v) is 12.9. The molecule has 2 fully saturated rings. The van der Waals surface area contributed by atoms with Crippen molar-refractivity contribution in [3.8, 4) is 33.9 Å². The number of morpholine rings is 1. The number of methoxy groups -OCH3 is 1. The van der Waals surface area contributed by atoms with Crippen LogP contribution < -0.4 is 9.47 Å². The van der Waals surface area contributed by atoms with Gasteiger partial charge in [-0.15, -0.1) is 0 Å². The van der Waals surface area contributed by atoms with Gasteiger partial charge in [0.25, 0.3) is 5.91 Å². The fraction of sp³-hybridized carbons (Fsp3) is 0.440. The number of benzene rings is 1. The summed E-state index contributed by atoms with van der Waals surface area (Å²) in [7, 11) is -2.13. The molecule has 1 amide bonds. The standard InChI is InChI=1S/C25H27N3O6S2/c1-25(2)13-33-8-7-28(25)24(29)21-17-11-34-22-16(20(17)26-27-21)10-18(36(30,31)15-4-5-15)23(32-3)19(22)14-6-9-35-12-14/h6,9-10,12,15H,4-5,7-8,11,13H2,1-3H3,(H,26,27). The molecule has 36 heavy (non-hydrogen) atoms. The molecular formula is C25H27N3O6S2. The highest BCUT2D eigenvalue weighted by Gasteiger charge is 2.42. The number of nitrogens with zero attached hydrogens (tertiary/aromatic N) is 2. The van der Waals surface area contributed by atoms with Gasteiger partial charge in [-0.2, -0.15) is 16.4 Å². The third kappa shape index (κ3) is 3.55. The van der Waals surface area contributed by atoms with Crippen LogP contribution in [0.25, 0.3) is 22.4 Å². The lowest BCUT2D eigenvalue weighted by atomic mass is 9.95. The molecule has 0 bridgehead atoms. The van der Waals surface area contributed by atoms with Crippen LogP contribution in [0, 0.1) is 0 Å². The molecule has 6 rings (SSSR count). The van der Waals surface area contributed by atoms with Crippen LogP contribution >= 0.6 is 11.3 Å². The van der Waals surface area contributed by atoms with Gasteiger partial charge in [0.15, 0.2) is 9.84 Å². The molecule has 0 unspecified atom stereocenters. The molecule has 1 N–H and O–H groups in total. The molecule has 11 heteroatoms. The van der Waals surface area contributed by atoms with Gasteiger partial charge in [-0.3, -0.25) is 9.89 Å². The summed E-state index contributed by atoms with van der Waals surface area (Å²) in [5.74, 6) is 0.607. The fourth-order valence-electron chi connectivity index (χ4n) is 5.01. The minimum absolute atomic E-state index is 0.125. The highest BCUT2D eigenvalue weighted by molar-refractivity contribution is 7.92. The van der Waals surface area contributed by atoms with Crippen LogP contribution in [0.1, 0.15) is 42.7 Å². The zero-order chi connectivity index (χ0) is 25.2. The van der Waals surface area contributed by atoms with Crippen LogP contribution in [-0.2, 0) is 21.2 Å². The van der Waals surface area contributed by atoms with Crippen molar-refractivity contribution < 1.29 is 27.4 Å². The van der Waals surface area contributed by atoms with Gasteiger partial charge in [0.1, 0.15) is 34.4 Å². The Hall–Kier alpha value is -2.89. The highest BCUT2D eigenvalue weighted by Crippen LogP contribution is 2.53. The van der Waals surface area contributed by atoms with Crippen molar-refractivity contribution >= 4 is 27.1 Å². The van der Waals surface area contributed by atoms with E-state index >= 15 is 0 Å². The molecule has 2 aliphatic heterocycles. The van der Waals surface area contributed by atoms with E-state index in [9.17, 15) is 13.2 Å². The van der Waals surface area contributed by atoms with Crippen LogP contribution in [0.4, 0.5) is 0 Å². The molecule has 3 aromatic rings. The Kier molecular flexibility index (Phi) is 5.43. The quantitative estimate of drug-likeness (QED) is 0.534. The summed E-state index contributed by atoms with van der Waals surface area (Å²) < 4.78 is 44.5. The van der Waals surface area contributed by atoms with Crippen molar-refractivity contribution in [2.24, 2.45) is 0 Å². The average molecular weight is 530 g/mol. The van der Waals surface area contributed by atoms with Gasteiger partial charge in [-0.1, -0.05) is 0 Å². The number of aromatic amines is 1. The summed E-state index contributed by atoms with van der Waals surface area (Å²) in [5, 5.41) is 10.9. The molecule has 1 saturated carbocycles. The Labute approximate surface area is 213 Å². The van der Waals surface area contributed by atoms with E-state index in [1.165, 1.54) is 18.4 Å². The number of hydrogen-bond donors (Lipinski definition) is 1. The lowest BCUT2D eigenvalue weighted by molar-refractivity contribution is -0.0374. The minimum Gasteiger partial charge on any atom is -0.495 e. The molecule has 1 aromatic carbocycles. The molecule has 190 valence electrons. The molecule has 0 spiro atoms. The summed E-state index contributed by atoms with van der Waals surface area (Å²) in [5.41, 5.74) is 2.96. The first-order valence-electron chi connectivity index (χ1n) is 11.9. The van der Waals surface area contributed by atoms with Gasteiger partial charge >= 0.3 is 0 Å². The number of carbonyl (C=O) groups is 1. The SMILES string of the molecule is COc1c(S(=O)(=O)C2CC2)cc2c(c1-c1ccsc1)OCc1c-2n[nH]c1C(=O)N1CCOCC1(C)C. The molecule has 0 radical (unpaired) electrons. The molecular weight excluding hydrogens is 502 g/mol. The number of rotatable bonds is 5. The van der Waals surface area contributed by atoms with Gasteiger partial charge in [0.05, 0.1) is 36.7 Å².